The molecule has 25 heavy (non-hydrogen) atoms. The van der Waals surface area contributed by atoms with E-state index in [9.17, 15) is 14.0 Å². The van der Waals surface area contributed by atoms with Crippen LogP contribution in [0.5, 0.6) is 0 Å². The number of aromatic amines is 2. The lowest BCUT2D eigenvalue weighted by atomic mass is 10.1. The Balaban J connectivity index is 1.67. The van der Waals surface area contributed by atoms with Gasteiger partial charge in [0.1, 0.15) is 5.82 Å². The maximum absolute atomic E-state index is 13.3. The van der Waals surface area contributed by atoms with Crippen LogP contribution in [0.25, 0.3) is 11.0 Å². The molecule has 0 spiro atoms. The van der Waals surface area contributed by atoms with Crippen molar-refractivity contribution < 1.29 is 9.18 Å². The molecule has 0 unspecified atom stereocenters. The molecule has 1 atom stereocenters. The first-order valence-corrected chi connectivity index (χ1v) is 7.90. The van der Waals surface area contributed by atoms with E-state index in [2.05, 4.69) is 15.3 Å². The molecule has 0 aliphatic carbocycles. The highest BCUT2D eigenvalue weighted by atomic mass is 19.1. The van der Waals surface area contributed by atoms with Gasteiger partial charge in [0.15, 0.2) is 0 Å². The smallest absolute Gasteiger partial charge is 0.323 e. The third-order valence-electron chi connectivity index (χ3n) is 4.15. The fourth-order valence-corrected chi connectivity index (χ4v) is 2.62. The highest BCUT2D eigenvalue weighted by Gasteiger charge is 2.18. The van der Waals surface area contributed by atoms with Gasteiger partial charge in [-0.15, -0.1) is 0 Å². The number of nitrogens with one attached hydrogen (secondary N) is 3. The molecular weight excluding hydrogens is 323 g/mol. The van der Waals surface area contributed by atoms with Gasteiger partial charge in [0.2, 0.25) is 5.91 Å². The van der Waals surface area contributed by atoms with Gasteiger partial charge in [0.25, 0.3) is 0 Å². The summed E-state index contributed by atoms with van der Waals surface area (Å²) in [5, 5.41) is 2.83. The Morgan fingerprint density at radius 1 is 1.20 bits per heavy atom. The zero-order valence-electron chi connectivity index (χ0n) is 14.0. The van der Waals surface area contributed by atoms with Crippen LogP contribution in [0.15, 0.2) is 47.3 Å². The second-order valence-corrected chi connectivity index (χ2v) is 6.05. The largest absolute Gasteiger partial charge is 0.325 e. The summed E-state index contributed by atoms with van der Waals surface area (Å²) in [4.78, 5) is 30.9. The quantitative estimate of drug-likeness (QED) is 0.666. The fourth-order valence-electron chi connectivity index (χ4n) is 2.62. The number of H-pyrrole nitrogens is 2. The third-order valence-corrected chi connectivity index (χ3v) is 4.15. The van der Waals surface area contributed by atoms with Gasteiger partial charge in [-0.25, -0.2) is 9.18 Å². The molecule has 1 aromatic heterocycles. The summed E-state index contributed by atoms with van der Waals surface area (Å²) in [6.07, 6.45) is 0. The number of hydrogen-bond acceptors (Lipinski definition) is 3. The molecular formula is C18H19FN4O2. The van der Waals surface area contributed by atoms with Crippen molar-refractivity contribution in [2.75, 3.05) is 12.4 Å². The van der Waals surface area contributed by atoms with E-state index in [0.29, 0.717) is 23.3 Å². The van der Waals surface area contributed by atoms with Gasteiger partial charge in [-0.1, -0.05) is 12.1 Å². The third kappa shape index (κ3) is 3.95. The number of imidazole rings is 1. The number of fused-ring (bicyclic) bond motifs is 1. The number of aromatic nitrogens is 2. The molecule has 1 amide bonds. The van der Waals surface area contributed by atoms with Gasteiger partial charge in [-0.2, -0.15) is 0 Å². The highest BCUT2D eigenvalue weighted by Crippen LogP contribution is 2.16. The molecule has 2 aromatic carbocycles. The molecule has 3 N–H and O–H groups in total. The number of carbonyl (C=O) groups excluding carboxylic acids is 1. The van der Waals surface area contributed by atoms with Gasteiger partial charge in [0.05, 0.1) is 17.1 Å². The molecule has 0 saturated carbocycles. The fraction of sp³-hybridized carbons (Fsp3) is 0.222. The number of hydrogen-bond donors (Lipinski definition) is 3. The molecule has 7 heteroatoms. The van der Waals surface area contributed by atoms with Crippen molar-refractivity contribution in [3.8, 4) is 0 Å². The van der Waals surface area contributed by atoms with Crippen LogP contribution in [-0.2, 0) is 11.3 Å². The van der Waals surface area contributed by atoms with Crippen molar-refractivity contribution >= 4 is 22.6 Å². The Morgan fingerprint density at radius 3 is 2.72 bits per heavy atom. The summed E-state index contributed by atoms with van der Waals surface area (Å²) in [6, 6.07) is 11.1. The summed E-state index contributed by atoms with van der Waals surface area (Å²) in [5.74, 6) is -0.479. The normalized spacial score (nSPS) is 12.5. The van der Waals surface area contributed by atoms with Gasteiger partial charge in [0, 0.05) is 12.2 Å². The Bertz CT molecular complexity index is 963. The number of anilines is 1. The van der Waals surface area contributed by atoms with Gasteiger partial charge in [-0.3, -0.25) is 9.69 Å². The number of halogens is 1. The first-order valence-electron chi connectivity index (χ1n) is 7.90. The predicted octanol–water partition coefficient (Wildman–Crippen LogP) is 2.45. The standard InChI is InChI=1S/C18H19FN4O2/c1-11(23(2)10-12-4-3-5-13(19)8-12)17(24)20-14-6-7-15-16(9-14)22-18(25)21-15/h3-9,11H,10H2,1-2H3,(H,20,24)(H2,21,22,25)/t11-/m0/s1. The van der Waals surface area contributed by atoms with Crippen molar-refractivity contribution in [1.82, 2.24) is 14.9 Å². The number of rotatable bonds is 5. The minimum Gasteiger partial charge on any atom is -0.325 e. The van der Waals surface area contributed by atoms with Crippen LogP contribution in [0.4, 0.5) is 10.1 Å². The van der Waals surface area contributed by atoms with Crippen molar-refractivity contribution in [2.45, 2.75) is 19.5 Å². The predicted molar refractivity (Wildman–Crippen MR) is 94.9 cm³/mol. The van der Waals surface area contributed by atoms with Gasteiger partial charge in [-0.05, 0) is 49.9 Å². The number of carbonyl (C=O) groups is 1. The average Bonchev–Trinajstić information content (AvgIpc) is 2.93. The maximum Gasteiger partial charge on any atom is 0.323 e. The SMILES string of the molecule is C[C@@H](C(=O)Nc1ccc2[nH]c(=O)[nH]c2c1)N(C)Cc1cccc(F)c1. The van der Waals surface area contributed by atoms with Crippen LogP contribution in [-0.4, -0.2) is 33.9 Å². The first kappa shape index (κ1) is 16.9. The van der Waals surface area contributed by atoms with E-state index < -0.39 is 6.04 Å². The second-order valence-electron chi connectivity index (χ2n) is 6.05. The van der Waals surface area contributed by atoms with Crippen molar-refractivity contribution in [2.24, 2.45) is 0 Å². The lowest BCUT2D eigenvalue weighted by molar-refractivity contribution is -0.120. The molecule has 0 saturated heterocycles. The molecule has 0 fully saturated rings. The van der Waals surface area contributed by atoms with E-state index in [4.69, 9.17) is 0 Å². The first-order chi connectivity index (χ1) is 11.9. The summed E-state index contributed by atoms with van der Waals surface area (Å²) < 4.78 is 13.3. The van der Waals surface area contributed by atoms with E-state index in [1.807, 2.05) is 18.0 Å². The zero-order valence-corrected chi connectivity index (χ0v) is 14.0. The molecule has 0 bridgehead atoms. The van der Waals surface area contributed by atoms with Gasteiger partial charge < -0.3 is 15.3 Å². The number of likely N-dealkylation sites (N-methyl/N-ethyl adjacent to an activating group) is 1. The molecule has 3 rings (SSSR count). The van der Waals surface area contributed by atoms with E-state index in [0.717, 1.165) is 5.56 Å². The van der Waals surface area contributed by atoms with Crippen LogP contribution in [0.1, 0.15) is 12.5 Å². The summed E-state index contributed by atoms with van der Waals surface area (Å²) >= 11 is 0. The lowest BCUT2D eigenvalue weighted by Crippen LogP contribution is -2.39. The molecule has 6 nitrogen and oxygen atoms in total. The van der Waals surface area contributed by atoms with Crippen LogP contribution in [0.2, 0.25) is 0 Å². The zero-order chi connectivity index (χ0) is 18.0. The molecule has 0 radical (unpaired) electrons. The summed E-state index contributed by atoms with van der Waals surface area (Å²) in [5.41, 5.74) is 2.41. The lowest BCUT2D eigenvalue weighted by Gasteiger charge is -2.24. The van der Waals surface area contributed by atoms with Crippen molar-refractivity contribution in [3.05, 3.63) is 64.3 Å². The van der Waals surface area contributed by atoms with Crippen LogP contribution in [0.3, 0.4) is 0 Å². The molecule has 0 aliphatic rings. The second kappa shape index (κ2) is 6.90. The van der Waals surface area contributed by atoms with E-state index in [1.54, 1.807) is 31.2 Å². The number of nitrogens with zero attached hydrogens (tertiary/aromatic N) is 1. The minimum absolute atomic E-state index is 0.184. The van der Waals surface area contributed by atoms with Crippen molar-refractivity contribution in [1.29, 1.82) is 0 Å². The number of amides is 1. The molecule has 130 valence electrons. The Morgan fingerprint density at radius 2 is 1.96 bits per heavy atom. The number of benzene rings is 2. The average molecular weight is 342 g/mol. The van der Waals surface area contributed by atoms with Crippen LogP contribution >= 0.6 is 0 Å². The topological polar surface area (TPSA) is 81.0 Å². The Kier molecular flexibility index (Phi) is 4.67. The minimum atomic E-state index is -0.413. The Labute approximate surface area is 143 Å². The van der Waals surface area contributed by atoms with Crippen molar-refractivity contribution in [3.63, 3.8) is 0 Å². The molecule has 0 aliphatic heterocycles. The van der Waals surface area contributed by atoms with E-state index >= 15 is 0 Å². The van der Waals surface area contributed by atoms with Gasteiger partial charge >= 0.3 is 5.69 Å². The summed E-state index contributed by atoms with van der Waals surface area (Å²) in [6.45, 7) is 2.24. The monoisotopic (exact) mass is 342 g/mol. The van der Waals surface area contributed by atoms with E-state index in [-0.39, 0.29) is 17.4 Å². The summed E-state index contributed by atoms with van der Waals surface area (Å²) in [7, 11) is 1.81. The van der Waals surface area contributed by atoms with Crippen LogP contribution in [0, 0.1) is 5.82 Å². The van der Waals surface area contributed by atoms with E-state index in [1.165, 1.54) is 12.1 Å². The van der Waals surface area contributed by atoms with Crippen LogP contribution < -0.4 is 11.0 Å². The highest BCUT2D eigenvalue weighted by molar-refractivity contribution is 5.96. The Hall–Kier alpha value is -2.93. The maximum atomic E-state index is 13.3. The molecule has 3 aromatic rings. The molecule has 1 heterocycles.